The number of carbonyl (C=O) groups excluding carboxylic acids is 1. The molecule has 2 heteroatoms. The van der Waals surface area contributed by atoms with Crippen molar-refractivity contribution in [1.82, 2.24) is 0 Å². The first-order valence-corrected chi connectivity index (χ1v) is 3.44. The molecule has 0 aromatic rings. The monoisotopic (exact) mass is 137 g/mol. The quantitative estimate of drug-likeness (QED) is 0.609. The first-order chi connectivity index (χ1) is 4.75. The minimum Gasteiger partial charge on any atom is -0.366 e. The second-order valence-corrected chi connectivity index (χ2v) is 2.33. The molecule has 2 N–H and O–H groups in total. The maximum Gasteiger partial charge on any atom is 0.245 e. The number of carbonyl (C=O) groups is 1. The largest absolute Gasteiger partial charge is 0.366 e. The van der Waals surface area contributed by atoms with E-state index in [1.807, 2.05) is 19.1 Å². The molecule has 0 unspecified atom stereocenters. The summed E-state index contributed by atoms with van der Waals surface area (Å²) in [5, 5.41) is 0. The maximum atomic E-state index is 10.7. The summed E-state index contributed by atoms with van der Waals surface area (Å²) in [5.74, 6) is -0.276. The zero-order valence-electron chi connectivity index (χ0n) is 6.05. The molecular weight excluding hydrogens is 126 g/mol. The van der Waals surface area contributed by atoms with Gasteiger partial charge in [0.15, 0.2) is 0 Å². The fourth-order valence-corrected chi connectivity index (χ4v) is 1.14. The van der Waals surface area contributed by atoms with Gasteiger partial charge in [0.05, 0.1) is 0 Å². The summed E-state index contributed by atoms with van der Waals surface area (Å²) in [6.07, 6.45) is 5.56. The molecular formula is C8H11NO. The van der Waals surface area contributed by atoms with Crippen molar-refractivity contribution in [1.29, 1.82) is 0 Å². The molecule has 1 amide bonds. The summed E-state index contributed by atoms with van der Waals surface area (Å²) in [4.78, 5) is 10.7. The van der Waals surface area contributed by atoms with Crippen molar-refractivity contribution in [3.63, 3.8) is 0 Å². The van der Waals surface area contributed by atoms with E-state index in [4.69, 9.17) is 5.73 Å². The first kappa shape index (κ1) is 7.06. The van der Waals surface area contributed by atoms with E-state index in [1.54, 1.807) is 0 Å². The minimum absolute atomic E-state index is 0.276. The summed E-state index contributed by atoms with van der Waals surface area (Å²) >= 11 is 0. The Bertz CT molecular complexity index is 213. The molecule has 2 nitrogen and oxygen atoms in total. The topological polar surface area (TPSA) is 43.1 Å². The highest BCUT2D eigenvalue weighted by Gasteiger charge is 2.11. The van der Waals surface area contributed by atoms with E-state index in [1.165, 1.54) is 0 Å². The minimum atomic E-state index is -0.276. The standard InChI is InChI=1S/C8H11NO/c1-2-6-4-3-5-7(6)8(9)10/h3-4H,2,5H2,1H3,(H2,9,10). The molecule has 0 heterocycles. The SMILES string of the molecule is CCC1=C(C(N)=O)CC=C1. The van der Waals surface area contributed by atoms with Crippen molar-refractivity contribution in [2.75, 3.05) is 0 Å². The number of hydrogen-bond donors (Lipinski definition) is 1. The summed E-state index contributed by atoms with van der Waals surface area (Å²) in [6, 6.07) is 0. The second-order valence-electron chi connectivity index (χ2n) is 2.33. The van der Waals surface area contributed by atoms with Gasteiger partial charge in [-0.05, 0) is 18.4 Å². The summed E-state index contributed by atoms with van der Waals surface area (Å²) in [5.41, 5.74) is 7.00. The van der Waals surface area contributed by atoms with Gasteiger partial charge in [-0.1, -0.05) is 19.1 Å². The van der Waals surface area contributed by atoms with Gasteiger partial charge in [0.25, 0.3) is 0 Å². The van der Waals surface area contributed by atoms with Crippen LogP contribution in [0.15, 0.2) is 23.3 Å². The summed E-state index contributed by atoms with van der Waals surface area (Å²) in [7, 11) is 0. The Morgan fingerprint density at radius 1 is 1.80 bits per heavy atom. The Labute approximate surface area is 60.4 Å². The van der Waals surface area contributed by atoms with Gasteiger partial charge in [-0.15, -0.1) is 0 Å². The van der Waals surface area contributed by atoms with Crippen LogP contribution in [-0.4, -0.2) is 5.91 Å². The molecule has 0 atom stereocenters. The van der Waals surface area contributed by atoms with E-state index < -0.39 is 0 Å². The van der Waals surface area contributed by atoms with Crippen LogP contribution in [0.25, 0.3) is 0 Å². The lowest BCUT2D eigenvalue weighted by Gasteiger charge is -1.97. The van der Waals surface area contributed by atoms with E-state index >= 15 is 0 Å². The van der Waals surface area contributed by atoms with Crippen molar-refractivity contribution < 1.29 is 4.79 Å². The number of amides is 1. The molecule has 0 aliphatic heterocycles. The summed E-state index contributed by atoms with van der Waals surface area (Å²) in [6.45, 7) is 2.02. The molecule has 1 aliphatic rings. The lowest BCUT2D eigenvalue weighted by molar-refractivity contribution is -0.114. The van der Waals surface area contributed by atoms with Crippen LogP contribution in [-0.2, 0) is 4.79 Å². The van der Waals surface area contributed by atoms with Gasteiger partial charge < -0.3 is 5.73 Å². The smallest absolute Gasteiger partial charge is 0.245 e. The molecule has 0 spiro atoms. The van der Waals surface area contributed by atoms with Crippen molar-refractivity contribution in [3.8, 4) is 0 Å². The second kappa shape index (κ2) is 2.69. The molecule has 0 saturated carbocycles. The van der Waals surface area contributed by atoms with Crippen molar-refractivity contribution in [2.24, 2.45) is 5.73 Å². The van der Waals surface area contributed by atoms with E-state index in [9.17, 15) is 4.79 Å². The average Bonchev–Trinajstić information content (AvgIpc) is 2.33. The number of hydrogen-bond acceptors (Lipinski definition) is 1. The van der Waals surface area contributed by atoms with Crippen molar-refractivity contribution in [3.05, 3.63) is 23.3 Å². The fraction of sp³-hybridized carbons (Fsp3) is 0.375. The highest BCUT2D eigenvalue weighted by Crippen LogP contribution is 2.20. The molecule has 0 saturated heterocycles. The fourth-order valence-electron chi connectivity index (χ4n) is 1.14. The molecule has 0 bridgehead atoms. The van der Waals surface area contributed by atoms with E-state index in [0.717, 1.165) is 24.0 Å². The lowest BCUT2D eigenvalue weighted by atomic mass is 10.1. The van der Waals surface area contributed by atoms with Gasteiger partial charge in [0, 0.05) is 5.57 Å². The number of primary amides is 1. The first-order valence-electron chi connectivity index (χ1n) is 3.44. The third-order valence-electron chi connectivity index (χ3n) is 1.71. The van der Waals surface area contributed by atoms with Gasteiger partial charge in [-0.2, -0.15) is 0 Å². The predicted molar refractivity (Wildman–Crippen MR) is 40.3 cm³/mol. The number of nitrogens with two attached hydrogens (primary N) is 1. The Kier molecular flexibility index (Phi) is 1.90. The number of rotatable bonds is 2. The Morgan fingerprint density at radius 2 is 2.50 bits per heavy atom. The molecule has 1 rings (SSSR count). The van der Waals surface area contributed by atoms with Crippen LogP contribution in [0.4, 0.5) is 0 Å². The van der Waals surface area contributed by atoms with E-state index in [-0.39, 0.29) is 5.91 Å². The Morgan fingerprint density at radius 3 is 2.90 bits per heavy atom. The third-order valence-corrected chi connectivity index (χ3v) is 1.71. The Hall–Kier alpha value is -1.05. The molecule has 54 valence electrons. The maximum absolute atomic E-state index is 10.7. The van der Waals surface area contributed by atoms with Crippen LogP contribution in [0.3, 0.4) is 0 Å². The highest BCUT2D eigenvalue weighted by molar-refractivity contribution is 5.94. The normalized spacial score (nSPS) is 16.5. The van der Waals surface area contributed by atoms with Crippen LogP contribution in [0.1, 0.15) is 19.8 Å². The molecule has 0 aromatic heterocycles. The van der Waals surface area contributed by atoms with Gasteiger partial charge in [0.1, 0.15) is 0 Å². The predicted octanol–water partition coefficient (Wildman–Crippen LogP) is 1.14. The number of allylic oxidation sites excluding steroid dienone is 3. The van der Waals surface area contributed by atoms with Crippen LogP contribution in [0.5, 0.6) is 0 Å². The molecule has 10 heavy (non-hydrogen) atoms. The summed E-state index contributed by atoms with van der Waals surface area (Å²) < 4.78 is 0. The van der Waals surface area contributed by atoms with E-state index in [0.29, 0.717) is 0 Å². The van der Waals surface area contributed by atoms with Gasteiger partial charge in [0.2, 0.25) is 5.91 Å². The zero-order valence-corrected chi connectivity index (χ0v) is 6.05. The Balaban J connectivity index is 2.85. The van der Waals surface area contributed by atoms with Crippen LogP contribution in [0, 0.1) is 0 Å². The highest BCUT2D eigenvalue weighted by atomic mass is 16.1. The van der Waals surface area contributed by atoms with Crippen molar-refractivity contribution >= 4 is 5.91 Å². The van der Waals surface area contributed by atoms with Crippen LogP contribution < -0.4 is 5.73 Å². The van der Waals surface area contributed by atoms with Crippen molar-refractivity contribution in [2.45, 2.75) is 19.8 Å². The third kappa shape index (κ3) is 1.10. The lowest BCUT2D eigenvalue weighted by Crippen LogP contribution is -2.13. The van der Waals surface area contributed by atoms with Gasteiger partial charge in [-0.3, -0.25) is 4.79 Å². The van der Waals surface area contributed by atoms with E-state index in [2.05, 4.69) is 0 Å². The van der Waals surface area contributed by atoms with Gasteiger partial charge in [-0.25, -0.2) is 0 Å². The molecule has 0 aromatic carbocycles. The van der Waals surface area contributed by atoms with Gasteiger partial charge >= 0.3 is 0 Å². The molecule has 0 radical (unpaired) electrons. The van der Waals surface area contributed by atoms with Crippen LogP contribution in [0.2, 0.25) is 0 Å². The molecule has 1 aliphatic carbocycles. The average molecular weight is 137 g/mol. The molecule has 0 fully saturated rings. The van der Waals surface area contributed by atoms with Crippen LogP contribution >= 0.6 is 0 Å². The zero-order chi connectivity index (χ0) is 7.56.